The largest absolute Gasteiger partial charge is 0.355 e. The molecule has 0 aromatic heterocycles. The molecule has 0 spiro atoms. The number of carbonyl (C=O) groups excluding carboxylic acids is 3. The van der Waals surface area contributed by atoms with Crippen molar-refractivity contribution in [2.75, 3.05) is 24.5 Å². The van der Waals surface area contributed by atoms with E-state index >= 15 is 0 Å². The lowest BCUT2D eigenvalue weighted by atomic mass is 10.1. The van der Waals surface area contributed by atoms with Crippen LogP contribution in [0.2, 0.25) is 0 Å². The van der Waals surface area contributed by atoms with Gasteiger partial charge in [0.2, 0.25) is 11.8 Å². The summed E-state index contributed by atoms with van der Waals surface area (Å²) in [5.41, 5.74) is 2.45. The molecule has 1 aliphatic heterocycles. The molecule has 1 atom stereocenters. The Labute approximate surface area is 194 Å². The van der Waals surface area contributed by atoms with Crippen molar-refractivity contribution in [2.24, 2.45) is 0 Å². The normalized spacial score (nSPS) is 13.3. The topological polar surface area (TPSA) is 69.7 Å². The second kappa shape index (κ2) is 9.86. The minimum Gasteiger partial charge on any atom is -0.355 e. The predicted octanol–water partition coefficient (Wildman–Crippen LogP) is 3.79. The van der Waals surface area contributed by atoms with Crippen molar-refractivity contribution in [3.63, 3.8) is 0 Å². The van der Waals surface area contributed by atoms with Crippen molar-refractivity contribution >= 4 is 34.2 Å². The number of rotatable bonds is 9. The number of carbonyl (C=O) groups is 3. The van der Waals surface area contributed by atoms with E-state index in [4.69, 9.17) is 0 Å². The van der Waals surface area contributed by atoms with E-state index in [2.05, 4.69) is 5.32 Å². The van der Waals surface area contributed by atoms with Gasteiger partial charge in [-0.1, -0.05) is 61.5 Å². The van der Waals surface area contributed by atoms with E-state index in [1.165, 1.54) is 0 Å². The molecule has 0 saturated carbocycles. The summed E-state index contributed by atoms with van der Waals surface area (Å²) >= 11 is 0. The highest BCUT2D eigenvalue weighted by Crippen LogP contribution is 2.37. The van der Waals surface area contributed by atoms with Gasteiger partial charge in [0.15, 0.2) is 0 Å². The highest BCUT2D eigenvalue weighted by Gasteiger charge is 2.34. The minimum atomic E-state index is -0.586. The van der Waals surface area contributed by atoms with Crippen LogP contribution in [0, 0.1) is 0 Å². The summed E-state index contributed by atoms with van der Waals surface area (Å²) in [6, 6.07) is 20.7. The number of amides is 3. The van der Waals surface area contributed by atoms with E-state index in [1.807, 2.05) is 74.5 Å². The third-order valence-corrected chi connectivity index (χ3v) is 6.16. The Morgan fingerprint density at radius 2 is 1.70 bits per heavy atom. The predicted molar refractivity (Wildman–Crippen MR) is 130 cm³/mol. The molecule has 3 aromatic carbocycles. The Morgan fingerprint density at radius 3 is 2.39 bits per heavy atom. The SMILES string of the molecule is CCNC(=O)[C@H](CC)N(CCc1ccccc1)C(=O)CN1C(=O)c2cccc3cccc1c23. The van der Waals surface area contributed by atoms with Crippen LogP contribution in [-0.4, -0.2) is 48.3 Å². The van der Waals surface area contributed by atoms with Crippen LogP contribution in [0.4, 0.5) is 5.69 Å². The van der Waals surface area contributed by atoms with Gasteiger partial charge in [-0.3, -0.25) is 19.3 Å². The van der Waals surface area contributed by atoms with Gasteiger partial charge >= 0.3 is 0 Å². The van der Waals surface area contributed by atoms with Crippen molar-refractivity contribution in [3.8, 4) is 0 Å². The molecule has 0 fully saturated rings. The number of likely N-dealkylation sites (N-methyl/N-ethyl adjacent to an activating group) is 1. The van der Waals surface area contributed by atoms with E-state index in [0.29, 0.717) is 31.5 Å². The van der Waals surface area contributed by atoms with Crippen molar-refractivity contribution < 1.29 is 14.4 Å². The third kappa shape index (κ3) is 4.46. The second-order valence-corrected chi connectivity index (χ2v) is 8.21. The summed E-state index contributed by atoms with van der Waals surface area (Å²) < 4.78 is 0. The lowest BCUT2D eigenvalue weighted by Gasteiger charge is -2.32. The molecule has 0 aliphatic carbocycles. The van der Waals surface area contributed by atoms with Crippen LogP contribution in [0.5, 0.6) is 0 Å². The van der Waals surface area contributed by atoms with E-state index in [0.717, 1.165) is 22.0 Å². The zero-order chi connectivity index (χ0) is 23.4. The lowest BCUT2D eigenvalue weighted by Crippen LogP contribution is -2.53. The van der Waals surface area contributed by atoms with Gasteiger partial charge in [0.05, 0.1) is 5.69 Å². The first-order chi connectivity index (χ1) is 16.0. The van der Waals surface area contributed by atoms with Crippen LogP contribution in [0.15, 0.2) is 66.7 Å². The lowest BCUT2D eigenvalue weighted by molar-refractivity contribution is -0.139. The van der Waals surface area contributed by atoms with Crippen molar-refractivity contribution in [2.45, 2.75) is 32.7 Å². The summed E-state index contributed by atoms with van der Waals surface area (Å²) in [4.78, 5) is 42.7. The number of anilines is 1. The van der Waals surface area contributed by atoms with Crippen molar-refractivity contribution in [3.05, 3.63) is 77.9 Å². The Hall–Kier alpha value is -3.67. The Kier molecular flexibility index (Phi) is 6.73. The fraction of sp³-hybridized carbons (Fsp3) is 0.296. The van der Waals surface area contributed by atoms with Crippen LogP contribution in [0.1, 0.15) is 36.2 Å². The first-order valence-corrected chi connectivity index (χ1v) is 11.5. The molecule has 0 radical (unpaired) electrons. The van der Waals surface area contributed by atoms with Gasteiger partial charge in [-0.2, -0.15) is 0 Å². The van der Waals surface area contributed by atoms with Crippen LogP contribution in [0.25, 0.3) is 10.8 Å². The van der Waals surface area contributed by atoms with Gasteiger partial charge in [0.1, 0.15) is 12.6 Å². The molecule has 6 heteroatoms. The van der Waals surface area contributed by atoms with Crippen LogP contribution in [-0.2, 0) is 16.0 Å². The fourth-order valence-corrected chi connectivity index (χ4v) is 4.55. The van der Waals surface area contributed by atoms with Gasteiger partial charge < -0.3 is 10.2 Å². The number of hydrogen-bond acceptors (Lipinski definition) is 3. The highest BCUT2D eigenvalue weighted by molar-refractivity contribution is 6.26. The van der Waals surface area contributed by atoms with E-state index in [9.17, 15) is 14.4 Å². The molecule has 6 nitrogen and oxygen atoms in total. The molecule has 0 unspecified atom stereocenters. The third-order valence-electron chi connectivity index (χ3n) is 6.16. The van der Waals surface area contributed by atoms with Crippen molar-refractivity contribution in [1.82, 2.24) is 10.2 Å². The van der Waals surface area contributed by atoms with Crippen LogP contribution >= 0.6 is 0 Å². The number of hydrogen-bond donors (Lipinski definition) is 1. The Morgan fingerprint density at radius 1 is 0.970 bits per heavy atom. The zero-order valence-corrected chi connectivity index (χ0v) is 19.1. The molecule has 33 heavy (non-hydrogen) atoms. The standard InChI is InChI=1S/C27H29N3O3/c1-3-22(26(32)28-4-2)29(17-16-19-10-6-5-7-11-19)24(31)18-30-23-15-9-13-20-12-8-14-21(25(20)23)27(30)33/h5-15,22H,3-4,16-18H2,1-2H3,(H,28,32)/t22-/m0/s1. The van der Waals surface area contributed by atoms with E-state index < -0.39 is 6.04 Å². The van der Waals surface area contributed by atoms with Gasteiger partial charge in [-0.25, -0.2) is 0 Å². The molecular formula is C27H29N3O3. The molecule has 1 aliphatic rings. The maximum absolute atomic E-state index is 13.6. The summed E-state index contributed by atoms with van der Waals surface area (Å²) in [6.45, 7) is 4.56. The van der Waals surface area contributed by atoms with Gasteiger partial charge in [0.25, 0.3) is 5.91 Å². The molecule has 0 bridgehead atoms. The monoisotopic (exact) mass is 443 g/mol. The Balaban J connectivity index is 1.60. The summed E-state index contributed by atoms with van der Waals surface area (Å²) in [5.74, 6) is -0.578. The number of nitrogens with one attached hydrogen (secondary N) is 1. The molecule has 3 amide bonds. The quantitative estimate of drug-likeness (QED) is 0.547. The first-order valence-electron chi connectivity index (χ1n) is 11.5. The molecule has 3 aromatic rings. The number of benzene rings is 3. The van der Waals surface area contributed by atoms with Crippen molar-refractivity contribution in [1.29, 1.82) is 0 Å². The van der Waals surface area contributed by atoms with Gasteiger partial charge in [0, 0.05) is 24.0 Å². The van der Waals surface area contributed by atoms with Crippen LogP contribution < -0.4 is 10.2 Å². The fourth-order valence-electron chi connectivity index (χ4n) is 4.55. The first kappa shape index (κ1) is 22.5. The molecule has 170 valence electrons. The molecule has 4 rings (SSSR count). The second-order valence-electron chi connectivity index (χ2n) is 8.21. The van der Waals surface area contributed by atoms with Gasteiger partial charge in [-0.15, -0.1) is 0 Å². The summed E-state index contributed by atoms with van der Waals surface area (Å²) in [5, 5.41) is 4.70. The maximum Gasteiger partial charge on any atom is 0.259 e. The Bertz CT molecular complexity index is 1170. The maximum atomic E-state index is 13.6. The van der Waals surface area contributed by atoms with E-state index in [-0.39, 0.29) is 24.3 Å². The average molecular weight is 444 g/mol. The van der Waals surface area contributed by atoms with Crippen LogP contribution in [0.3, 0.4) is 0 Å². The minimum absolute atomic E-state index is 0.0999. The molecule has 0 saturated heterocycles. The molecule has 1 N–H and O–H groups in total. The molecular weight excluding hydrogens is 414 g/mol. The molecule has 1 heterocycles. The zero-order valence-electron chi connectivity index (χ0n) is 19.1. The highest BCUT2D eigenvalue weighted by atomic mass is 16.2. The van der Waals surface area contributed by atoms with Gasteiger partial charge in [-0.05, 0) is 42.8 Å². The number of nitrogens with zero attached hydrogens (tertiary/aromatic N) is 2. The average Bonchev–Trinajstić information content (AvgIpc) is 3.10. The van der Waals surface area contributed by atoms with E-state index in [1.54, 1.807) is 15.9 Å². The smallest absolute Gasteiger partial charge is 0.259 e. The summed E-state index contributed by atoms with van der Waals surface area (Å²) in [6.07, 6.45) is 1.13. The summed E-state index contributed by atoms with van der Waals surface area (Å²) in [7, 11) is 0.